The number of methoxy groups -OCH3 is 1. The summed E-state index contributed by atoms with van der Waals surface area (Å²) in [6.07, 6.45) is 1.07. The Hall–Kier alpha value is -3.60. The largest absolute Gasteiger partial charge is 0.497 e. The number of para-hydroxylation sites is 2. The highest BCUT2D eigenvalue weighted by Crippen LogP contribution is 2.20. The van der Waals surface area contributed by atoms with Crippen LogP contribution in [0, 0.1) is 6.92 Å². The first kappa shape index (κ1) is 20.7. The molecule has 4 aromatic rings. The van der Waals surface area contributed by atoms with Crippen LogP contribution in [0.25, 0.3) is 11.0 Å². The van der Waals surface area contributed by atoms with E-state index in [1.54, 1.807) is 7.11 Å². The number of hydrogen-bond donors (Lipinski definition) is 1. The molecule has 0 aliphatic heterocycles. The first-order chi connectivity index (χ1) is 15.1. The van der Waals surface area contributed by atoms with Gasteiger partial charge in [-0.1, -0.05) is 48.5 Å². The monoisotopic (exact) mass is 413 g/mol. The topological polar surface area (TPSA) is 56.1 Å². The zero-order valence-corrected chi connectivity index (χ0v) is 18.0. The molecule has 5 nitrogen and oxygen atoms in total. The lowest BCUT2D eigenvalue weighted by Crippen LogP contribution is -2.28. The van der Waals surface area contributed by atoms with Gasteiger partial charge in [-0.25, -0.2) is 4.98 Å². The number of rotatable bonds is 8. The van der Waals surface area contributed by atoms with E-state index in [-0.39, 0.29) is 5.91 Å². The fourth-order valence-corrected chi connectivity index (χ4v) is 3.76. The third-order valence-electron chi connectivity index (χ3n) is 5.52. The highest BCUT2D eigenvalue weighted by molar-refractivity contribution is 5.79. The minimum absolute atomic E-state index is 0.0344. The molecule has 0 aliphatic carbocycles. The fourth-order valence-electron chi connectivity index (χ4n) is 3.76. The molecular formula is C26H27N3O2. The number of hydrogen-bond acceptors (Lipinski definition) is 3. The van der Waals surface area contributed by atoms with E-state index in [1.165, 1.54) is 5.56 Å². The molecular weight excluding hydrogens is 386 g/mol. The molecule has 1 N–H and O–H groups in total. The van der Waals surface area contributed by atoms with Crippen LogP contribution in [0.2, 0.25) is 0 Å². The molecule has 1 aromatic heterocycles. The van der Waals surface area contributed by atoms with Crippen molar-refractivity contribution in [1.82, 2.24) is 14.9 Å². The number of nitrogens with one attached hydrogen (secondary N) is 1. The van der Waals surface area contributed by atoms with Crippen molar-refractivity contribution in [3.05, 3.63) is 95.3 Å². The molecule has 31 heavy (non-hydrogen) atoms. The molecule has 1 amide bonds. The molecule has 5 heteroatoms. The van der Waals surface area contributed by atoms with E-state index in [4.69, 9.17) is 9.72 Å². The number of carbonyl (C=O) groups is 1. The van der Waals surface area contributed by atoms with E-state index in [0.29, 0.717) is 19.4 Å². The summed E-state index contributed by atoms with van der Waals surface area (Å²) < 4.78 is 7.49. The van der Waals surface area contributed by atoms with E-state index in [9.17, 15) is 4.79 Å². The van der Waals surface area contributed by atoms with Gasteiger partial charge in [0.1, 0.15) is 11.6 Å². The second kappa shape index (κ2) is 9.47. The second-order valence-corrected chi connectivity index (χ2v) is 7.65. The fraction of sp³-hybridized carbons (Fsp3) is 0.231. The molecule has 0 unspecified atom stereocenters. The van der Waals surface area contributed by atoms with Crippen LogP contribution in [0.5, 0.6) is 5.75 Å². The van der Waals surface area contributed by atoms with Gasteiger partial charge in [0.25, 0.3) is 0 Å². The number of nitrogens with zero attached hydrogens (tertiary/aromatic N) is 2. The average molecular weight is 414 g/mol. The number of amides is 1. The number of imidazole rings is 1. The Morgan fingerprint density at radius 2 is 1.74 bits per heavy atom. The van der Waals surface area contributed by atoms with Gasteiger partial charge in [0.2, 0.25) is 5.91 Å². The quantitative estimate of drug-likeness (QED) is 0.468. The molecule has 3 aromatic carbocycles. The van der Waals surface area contributed by atoms with Gasteiger partial charge in [-0.3, -0.25) is 4.79 Å². The standard InChI is InChI=1S/C26H27N3O2/c1-19-7-3-4-8-21(19)17-26(30)27-16-15-25-28-23-9-5-6-10-24(23)29(25)18-20-11-13-22(31-2)14-12-20/h3-14H,15-18H2,1-2H3,(H,27,30). The number of carbonyl (C=O) groups excluding carboxylic acids is 1. The van der Waals surface area contributed by atoms with Crippen LogP contribution < -0.4 is 10.1 Å². The van der Waals surface area contributed by atoms with Crippen LogP contribution in [0.4, 0.5) is 0 Å². The van der Waals surface area contributed by atoms with Crippen molar-refractivity contribution in [2.45, 2.75) is 26.3 Å². The Labute approximate surface area is 182 Å². The maximum Gasteiger partial charge on any atom is 0.224 e. The SMILES string of the molecule is COc1ccc(Cn2c(CCNC(=O)Cc3ccccc3C)nc3ccccc32)cc1. The molecule has 4 rings (SSSR count). The lowest BCUT2D eigenvalue weighted by molar-refractivity contribution is -0.120. The molecule has 0 aliphatic rings. The maximum absolute atomic E-state index is 12.4. The van der Waals surface area contributed by atoms with Crippen molar-refractivity contribution in [2.75, 3.05) is 13.7 Å². The summed E-state index contributed by atoms with van der Waals surface area (Å²) in [7, 11) is 1.67. The van der Waals surface area contributed by atoms with Gasteiger partial charge in [-0.15, -0.1) is 0 Å². The number of fused-ring (bicyclic) bond motifs is 1. The van der Waals surface area contributed by atoms with Crippen molar-refractivity contribution in [1.29, 1.82) is 0 Å². The Morgan fingerprint density at radius 3 is 2.52 bits per heavy atom. The van der Waals surface area contributed by atoms with Crippen LogP contribution in [-0.4, -0.2) is 29.1 Å². The van der Waals surface area contributed by atoms with E-state index >= 15 is 0 Å². The molecule has 0 bridgehead atoms. The third kappa shape index (κ3) is 4.94. The van der Waals surface area contributed by atoms with Crippen molar-refractivity contribution in [2.24, 2.45) is 0 Å². The number of aryl methyl sites for hydroxylation is 1. The van der Waals surface area contributed by atoms with Gasteiger partial charge in [-0.05, 0) is 47.9 Å². The number of aromatic nitrogens is 2. The Balaban J connectivity index is 1.46. The summed E-state index contributed by atoms with van der Waals surface area (Å²) in [4.78, 5) is 17.2. The van der Waals surface area contributed by atoms with Gasteiger partial charge >= 0.3 is 0 Å². The predicted molar refractivity (Wildman–Crippen MR) is 123 cm³/mol. The Kier molecular flexibility index (Phi) is 6.32. The number of benzene rings is 3. The van der Waals surface area contributed by atoms with Crippen molar-refractivity contribution < 1.29 is 9.53 Å². The smallest absolute Gasteiger partial charge is 0.224 e. The van der Waals surface area contributed by atoms with Gasteiger partial charge in [0.15, 0.2) is 0 Å². The lowest BCUT2D eigenvalue weighted by atomic mass is 10.1. The highest BCUT2D eigenvalue weighted by atomic mass is 16.5. The molecule has 0 radical (unpaired) electrons. The summed E-state index contributed by atoms with van der Waals surface area (Å²) >= 11 is 0. The molecule has 0 saturated carbocycles. The highest BCUT2D eigenvalue weighted by Gasteiger charge is 2.12. The molecule has 0 spiro atoms. The Bertz CT molecular complexity index is 1180. The van der Waals surface area contributed by atoms with Crippen LogP contribution >= 0.6 is 0 Å². The number of ether oxygens (including phenoxy) is 1. The van der Waals surface area contributed by atoms with Crippen LogP contribution in [0.15, 0.2) is 72.8 Å². The van der Waals surface area contributed by atoms with E-state index in [0.717, 1.165) is 40.3 Å². The first-order valence-electron chi connectivity index (χ1n) is 10.5. The van der Waals surface area contributed by atoms with Crippen molar-refractivity contribution >= 4 is 16.9 Å². The lowest BCUT2D eigenvalue weighted by Gasteiger charge is -2.11. The summed E-state index contributed by atoms with van der Waals surface area (Å²) in [6, 6.07) is 24.2. The van der Waals surface area contributed by atoms with Crippen LogP contribution in [-0.2, 0) is 24.2 Å². The van der Waals surface area contributed by atoms with Crippen molar-refractivity contribution in [3.63, 3.8) is 0 Å². The van der Waals surface area contributed by atoms with Gasteiger partial charge in [0, 0.05) is 19.5 Å². The van der Waals surface area contributed by atoms with Gasteiger partial charge in [0.05, 0.1) is 24.6 Å². The maximum atomic E-state index is 12.4. The summed E-state index contributed by atoms with van der Waals surface area (Å²) in [5.74, 6) is 1.84. The molecule has 0 saturated heterocycles. The summed E-state index contributed by atoms with van der Waals surface area (Å²) in [6.45, 7) is 3.30. The minimum atomic E-state index is 0.0344. The summed E-state index contributed by atoms with van der Waals surface area (Å²) in [5, 5.41) is 3.05. The molecule has 158 valence electrons. The molecule has 1 heterocycles. The van der Waals surface area contributed by atoms with E-state index < -0.39 is 0 Å². The van der Waals surface area contributed by atoms with Crippen LogP contribution in [0.3, 0.4) is 0 Å². The first-order valence-corrected chi connectivity index (χ1v) is 10.5. The van der Waals surface area contributed by atoms with Crippen molar-refractivity contribution in [3.8, 4) is 5.75 Å². The van der Waals surface area contributed by atoms with E-state index in [1.807, 2.05) is 61.5 Å². The Morgan fingerprint density at radius 1 is 1.00 bits per heavy atom. The summed E-state index contributed by atoms with van der Waals surface area (Å²) in [5.41, 5.74) is 5.44. The normalized spacial score (nSPS) is 10.9. The zero-order chi connectivity index (χ0) is 21.6. The molecule has 0 atom stereocenters. The van der Waals surface area contributed by atoms with Crippen LogP contribution in [0.1, 0.15) is 22.5 Å². The average Bonchev–Trinajstić information content (AvgIpc) is 3.13. The predicted octanol–water partition coefficient (Wildman–Crippen LogP) is 4.30. The van der Waals surface area contributed by atoms with Gasteiger partial charge in [-0.2, -0.15) is 0 Å². The minimum Gasteiger partial charge on any atom is -0.497 e. The molecule has 0 fully saturated rings. The second-order valence-electron chi connectivity index (χ2n) is 7.65. The van der Waals surface area contributed by atoms with Gasteiger partial charge < -0.3 is 14.6 Å². The van der Waals surface area contributed by atoms with E-state index in [2.05, 4.69) is 28.1 Å². The third-order valence-corrected chi connectivity index (χ3v) is 5.52. The zero-order valence-electron chi connectivity index (χ0n) is 18.0.